The van der Waals surface area contributed by atoms with E-state index in [0.717, 1.165) is 40.9 Å². The van der Waals surface area contributed by atoms with Crippen molar-refractivity contribution in [3.05, 3.63) is 77.2 Å². The molecule has 5 aliphatic rings. The summed E-state index contributed by atoms with van der Waals surface area (Å²) < 4.78 is 15.5. The number of aliphatic hydroxyl groups excluding tert-OH is 2. The van der Waals surface area contributed by atoms with Gasteiger partial charge in [0, 0.05) is 46.4 Å². The fourth-order valence-corrected chi connectivity index (χ4v) is 9.63. The van der Waals surface area contributed by atoms with Gasteiger partial charge >= 0.3 is 0 Å². The molecule has 4 N–H and O–H groups in total. The summed E-state index contributed by atoms with van der Waals surface area (Å²) in [7, 11) is 0. The van der Waals surface area contributed by atoms with Crippen molar-refractivity contribution >= 4 is 17.3 Å². The minimum atomic E-state index is -1.36. The number of aromatic nitrogens is 1. The summed E-state index contributed by atoms with van der Waals surface area (Å²) in [4.78, 5) is 26.0. The van der Waals surface area contributed by atoms with Gasteiger partial charge in [-0.25, -0.2) is 0 Å². The van der Waals surface area contributed by atoms with Crippen LogP contribution in [-0.4, -0.2) is 50.8 Å². The molecule has 8 nitrogen and oxygen atoms in total. The first-order valence-corrected chi connectivity index (χ1v) is 15.1. The molecule has 9 atom stereocenters. The molecule has 2 heterocycles. The van der Waals surface area contributed by atoms with Gasteiger partial charge in [-0.15, -0.1) is 0 Å². The average molecular weight is 573 g/mol. The summed E-state index contributed by atoms with van der Waals surface area (Å²) in [5.74, 6) is -0.255. The lowest BCUT2D eigenvalue weighted by Gasteiger charge is -2.59. The molecule has 3 saturated carbocycles. The Morgan fingerprint density at radius 2 is 1.95 bits per heavy atom. The number of allylic oxidation sites excluding steroid dienone is 4. The van der Waals surface area contributed by atoms with Gasteiger partial charge in [-0.3, -0.25) is 9.59 Å². The number of fused-ring (bicyclic) bond motifs is 7. The Balaban J connectivity index is 1.21. The van der Waals surface area contributed by atoms with Crippen LogP contribution in [0.25, 0.3) is 0 Å². The summed E-state index contributed by atoms with van der Waals surface area (Å²) in [6, 6.07) is 9.76. The fourth-order valence-electron chi connectivity index (χ4n) is 9.63. The van der Waals surface area contributed by atoms with E-state index in [1.54, 1.807) is 12.2 Å². The number of hydrogen-bond acceptors (Lipinski definition) is 7. The Hall–Kier alpha value is -3.04. The smallest absolute Gasteiger partial charge is 0.193 e. The third kappa shape index (κ3) is 3.68. The quantitative estimate of drug-likeness (QED) is 0.462. The van der Waals surface area contributed by atoms with E-state index in [1.165, 1.54) is 0 Å². The van der Waals surface area contributed by atoms with Gasteiger partial charge < -0.3 is 30.0 Å². The molecular weight excluding hydrogens is 532 g/mol. The maximum absolute atomic E-state index is 13.8. The maximum Gasteiger partial charge on any atom is 0.193 e. The van der Waals surface area contributed by atoms with E-state index < -0.39 is 41.5 Å². The number of benzene rings is 1. The summed E-state index contributed by atoms with van der Waals surface area (Å²) in [5, 5.41) is 22.1. The predicted octanol–water partition coefficient (Wildman–Crippen LogP) is 4.03. The molecule has 7 rings (SSSR count). The first kappa shape index (κ1) is 27.8. The van der Waals surface area contributed by atoms with Crippen LogP contribution in [0.1, 0.15) is 62.6 Å². The molecule has 2 aromatic rings. The van der Waals surface area contributed by atoms with E-state index >= 15 is 0 Å². The molecule has 0 bridgehead atoms. The maximum atomic E-state index is 13.8. The number of ether oxygens (including phenoxy) is 2. The molecule has 0 unspecified atom stereocenters. The number of Topliss-reactive ketones (excluding diaryl/α,β-unsaturated/α-hetero) is 1. The number of nitrogen functional groups attached to an aromatic ring is 1. The molecule has 1 saturated heterocycles. The van der Waals surface area contributed by atoms with E-state index in [0.29, 0.717) is 19.4 Å². The monoisotopic (exact) mass is 572 g/mol. The van der Waals surface area contributed by atoms with Crippen LogP contribution in [0.2, 0.25) is 0 Å². The molecule has 1 aromatic heterocycles. The number of nitrogens with zero attached hydrogens (tertiary/aromatic N) is 1. The van der Waals surface area contributed by atoms with Crippen LogP contribution >= 0.6 is 0 Å². The minimum absolute atomic E-state index is 0.00406. The minimum Gasteiger partial charge on any atom is -0.399 e. The third-order valence-electron chi connectivity index (χ3n) is 11.7. The zero-order chi connectivity index (χ0) is 29.6. The number of carbonyl (C=O) groups excluding carboxylic acids is 2. The van der Waals surface area contributed by atoms with Crippen LogP contribution < -0.4 is 5.73 Å². The number of nitrogens with two attached hydrogens (primary N) is 1. The highest BCUT2D eigenvalue weighted by molar-refractivity contribution is 6.01. The Morgan fingerprint density at radius 1 is 1.19 bits per heavy atom. The zero-order valence-electron chi connectivity index (χ0n) is 24.5. The van der Waals surface area contributed by atoms with E-state index in [1.807, 2.05) is 49.5 Å². The van der Waals surface area contributed by atoms with Gasteiger partial charge in [0.05, 0.1) is 12.2 Å². The topological polar surface area (TPSA) is 124 Å². The number of hydrogen-bond donors (Lipinski definition) is 3. The van der Waals surface area contributed by atoms with Crippen molar-refractivity contribution in [2.75, 3.05) is 12.3 Å². The molecular formula is C34H40N2O6. The van der Waals surface area contributed by atoms with Gasteiger partial charge in [0.2, 0.25) is 0 Å². The molecule has 4 fully saturated rings. The third-order valence-corrected chi connectivity index (χ3v) is 11.7. The first-order valence-electron chi connectivity index (χ1n) is 15.1. The van der Waals surface area contributed by atoms with Gasteiger partial charge in [-0.2, -0.15) is 0 Å². The average Bonchev–Trinajstić information content (AvgIpc) is 3.59. The Kier molecular flexibility index (Phi) is 6.27. The van der Waals surface area contributed by atoms with Gasteiger partial charge in [-0.1, -0.05) is 37.6 Å². The first-order chi connectivity index (χ1) is 20.0. The number of rotatable bonds is 5. The molecule has 0 spiro atoms. The number of carbonyl (C=O) groups is 2. The number of ketones is 2. The summed E-state index contributed by atoms with van der Waals surface area (Å²) in [5.41, 5.74) is 8.13. The highest BCUT2D eigenvalue weighted by Crippen LogP contribution is 2.70. The lowest BCUT2D eigenvalue weighted by molar-refractivity contribution is -0.201. The highest BCUT2D eigenvalue weighted by Gasteiger charge is 2.76. The van der Waals surface area contributed by atoms with Crippen molar-refractivity contribution in [1.82, 2.24) is 4.57 Å². The van der Waals surface area contributed by atoms with Crippen molar-refractivity contribution in [2.24, 2.45) is 28.6 Å². The van der Waals surface area contributed by atoms with E-state index in [9.17, 15) is 19.8 Å². The Bertz CT molecular complexity index is 1510. The van der Waals surface area contributed by atoms with Gasteiger partial charge in [0.1, 0.15) is 6.61 Å². The second-order valence-corrected chi connectivity index (χ2v) is 13.6. The van der Waals surface area contributed by atoms with E-state index in [4.69, 9.17) is 15.2 Å². The normalized spacial score (nSPS) is 40.2. The van der Waals surface area contributed by atoms with E-state index in [2.05, 4.69) is 18.4 Å². The molecule has 4 aliphatic carbocycles. The van der Waals surface area contributed by atoms with Crippen LogP contribution in [0.4, 0.5) is 5.69 Å². The SMILES string of the molecule is Cc1c([C@@H]2O[C@@H]3C[C@H]4[C@@H]5CCC6=CC(=O)C=C[C@]6(C)[C@H]5[C@@H](O)C[C@]4(C)[C@]3(C(=O)CO)O2)ccn1Cc1ccc(N)cc1. The van der Waals surface area contributed by atoms with Crippen molar-refractivity contribution < 1.29 is 29.3 Å². The van der Waals surface area contributed by atoms with Crippen LogP contribution in [0.15, 0.2) is 60.3 Å². The lowest BCUT2D eigenvalue weighted by atomic mass is 9.46. The second kappa shape index (κ2) is 9.48. The summed E-state index contributed by atoms with van der Waals surface area (Å²) >= 11 is 0. The van der Waals surface area contributed by atoms with E-state index in [-0.39, 0.29) is 29.3 Å². The summed E-state index contributed by atoms with van der Waals surface area (Å²) in [6.07, 6.45) is 7.97. The summed E-state index contributed by atoms with van der Waals surface area (Å²) in [6.45, 7) is 6.22. The largest absolute Gasteiger partial charge is 0.399 e. The second-order valence-electron chi connectivity index (χ2n) is 13.6. The molecule has 8 heteroatoms. The number of anilines is 1. The molecule has 1 aromatic carbocycles. The van der Waals surface area contributed by atoms with Crippen molar-refractivity contribution in [3.8, 4) is 0 Å². The van der Waals surface area contributed by atoms with Crippen LogP contribution in [0.5, 0.6) is 0 Å². The van der Waals surface area contributed by atoms with Crippen molar-refractivity contribution in [2.45, 2.75) is 77.1 Å². The van der Waals surface area contributed by atoms with Gasteiger partial charge in [0.15, 0.2) is 23.5 Å². The van der Waals surface area contributed by atoms with Crippen LogP contribution in [0.3, 0.4) is 0 Å². The van der Waals surface area contributed by atoms with Crippen LogP contribution in [0, 0.1) is 35.5 Å². The standard InChI is InChI=1S/C34H40N2O6/c1-19-24(11-13-36(19)17-20-4-7-22(35)8-5-20)31-41-29-15-26-25-9-6-21-14-23(38)10-12-32(21,2)30(25)27(39)16-33(26,3)34(29,42-31)28(40)18-37/h4-5,7-8,10-14,25-27,29-31,37,39H,6,9,15-18,35H2,1-3H3/t25-,26-,27-,29+,30+,31+,32-,33-,34+/m0/s1. The highest BCUT2D eigenvalue weighted by atomic mass is 16.7. The molecule has 0 radical (unpaired) electrons. The molecule has 0 amide bonds. The number of aliphatic hydroxyl groups is 2. The Labute approximate surface area is 246 Å². The molecule has 42 heavy (non-hydrogen) atoms. The van der Waals surface area contributed by atoms with Crippen molar-refractivity contribution in [3.63, 3.8) is 0 Å². The van der Waals surface area contributed by atoms with Crippen molar-refractivity contribution in [1.29, 1.82) is 0 Å². The zero-order valence-corrected chi connectivity index (χ0v) is 24.5. The Morgan fingerprint density at radius 3 is 2.69 bits per heavy atom. The van der Waals surface area contributed by atoms with Gasteiger partial charge in [0.25, 0.3) is 0 Å². The van der Waals surface area contributed by atoms with Crippen LogP contribution in [-0.2, 0) is 25.6 Å². The fraction of sp³-hybridized carbons (Fsp3) is 0.529. The lowest BCUT2D eigenvalue weighted by Crippen LogP contribution is -2.63. The molecule has 222 valence electrons. The molecule has 1 aliphatic heterocycles. The predicted molar refractivity (Wildman–Crippen MR) is 156 cm³/mol. The van der Waals surface area contributed by atoms with Gasteiger partial charge in [-0.05, 0) is 80.4 Å².